The molecule has 2 aromatic carbocycles. The van der Waals surface area contributed by atoms with Crippen LogP contribution in [-0.4, -0.2) is 25.8 Å². The minimum atomic E-state index is -0.415. The lowest BCUT2D eigenvalue weighted by Gasteiger charge is -2.12. The van der Waals surface area contributed by atoms with E-state index in [0.29, 0.717) is 29.6 Å². The van der Waals surface area contributed by atoms with Crippen LogP contribution in [0.3, 0.4) is 0 Å². The van der Waals surface area contributed by atoms with Crippen molar-refractivity contribution in [2.75, 3.05) is 13.7 Å². The average Bonchev–Trinajstić information content (AvgIpc) is 2.62. The van der Waals surface area contributed by atoms with Gasteiger partial charge in [0.1, 0.15) is 5.82 Å². The van der Waals surface area contributed by atoms with Gasteiger partial charge in [-0.1, -0.05) is 13.8 Å². The van der Waals surface area contributed by atoms with Gasteiger partial charge in [0.15, 0.2) is 11.5 Å². The average molecular weight is 358 g/mol. The fourth-order valence-corrected chi connectivity index (χ4v) is 2.12. The van der Waals surface area contributed by atoms with Gasteiger partial charge in [0.25, 0.3) is 5.91 Å². The maximum absolute atomic E-state index is 12.9. The number of methoxy groups -OCH3 is 1. The third-order valence-electron chi connectivity index (χ3n) is 3.63. The maximum Gasteiger partial charge on any atom is 0.271 e. The van der Waals surface area contributed by atoms with Gasteiger partial charge in [-0.2, -0.15) is 5.10 Å². The van der Waals surface area contributed by atoms with Crippen LogP contribution in [0.2, 0.25) is 0 Å². The van der Waals surface area contributed by atoms with Crippen LogP contribution in [0.15, 0.2) is 47.6 Å². The third-order valence-corrected chi connectivity index (χ3v) is 3.63. The van der Waals surface area contributed by atoms with Gasteiger partial charge in [0.05, 0.1) is 19.9 Å². The topological polar surface area (TPSA) is 59.9 Å². The van der Waals surface area contributed by atoms with E-state index in [2.05, 4.69) is 24.4 Å². The number of rotatable bonds is 8. The van der Waals surface area contributed by atoms with E-state index in [1.54, 1.807) is 13.2 Å². The van der Waals surface area contributed by atoms with E-state index in [1.807, 2.05) is 12.1 Å². The summed E-state index contributed by atoms with van der Waals surface area (Å²) in [5.41, 5.74) is 3.48. The summed E-state index contributed by atoms with van der Waals surface area (Å²) >= 11 is 0. The lowest BCUT2D eigenvalue weighted by molar-refractivity contribution is 0.0955. The SMILES string of the molecule is COc1cc(C=NNC(=O)c2ccc(F)cc2)ccc1OCCC(C)C. The second-order valence-corrected chi connectivity index (χ2v) is 6.15. The molecule has 0 aliphatic carbocycles. The molecule has 0 unspecified atom stereocenters. The summed E-state index contributed by atoms with van der Waals surface area (Å²) in [5.74, 6) is 1.02. The number of amides is 1. The van der Waals surface area contributed by atoms with Gasteiger partial charge < -0.3 is 9.47 Å². The molecule has 0 aliphatic heterocycles. The van der Waals surface area contributed by atoms with Gasteiger partial charge in [-0.15, -0.1) is 0 Å². The summed E-state index contributed by atoms with van der Waals surface area (Å²) in [4.78, 5) is 11.9. The minimum absolute atomic E-state index is 0.329. The molecule has 138 valence electrons. The van der Waals surface area contributed by atoms with Crippen LogP contribution in [0.4, 0.5) is 4.39 Å². The van der Waals surface area contributed by atoms with E-state index in [1.165, 1.54) is 30.5 Å². The van der Waals surface area contributed by atoms with Crippen molar-refractivity contribution in [1.82, 2.24) is 5.43 Å². The van der Waals surface area contributed by atoms with Gasteiger partial charge >= 0.3 is 0 Å². The van der Waals surface area contributed by atoms with E-state index in [9.17, 15) is 9.18 Å². The van der Waals surface area contributed by atoms with Gasteiger partial charge in [0.2, 0.25) is 0 Å². The Hall–Kier alpha value is -2.89. The van der Waals surface area contributed by atoms with E-state index in [0.717, 1.165) is 12.0 Å². The Morgan fingerprint density at radius 3 is 2.58 bits per heavy atom. The Bertz CT molecular complexity index is 758. The van der Waals surface area contributed by atoms with Crippen LogP contribution in [0.1, 0.15) is 36.2 Å². The number of hydrogen-bond acceptors (Lipinski definition) is 4. The fourth-order valence-electron chi connectivity index (χ4n) is 2.12. The Labute approximate surface area is 152 Å². The molecular formula is C20H23FN2O3. The smallest absolute Gasteiger partial charge is 0.271 e. The van der Waals surface area contributed by atoms with Crippen molar-refractivity contribution in [3.63, 3.8) is 0 Å². The normalized spacial score (nSPS) is 11.0. The standard InChI is InChI=1S/C20H23FN2O3/c1-14(2)10-11-26-18-9-4-15(12-19(18)25-3)13-22-23-20(24)16-5-7-17(21)8-6-16/h4-9,12-14H,10-11H2,1-3H3,(H,23,24). The molecule has 0 atom stereocenters. The number of hydrogen-bond donors (Lipinski definition) is 1. The van der Waals surface area contributed by atoms with Crippen LogP contribution >= 0.6 is 0 Å². The summed E-state index contributed by atoms with van der Waals surface area (Å²) in [5, 5.41) is 3.92. The molecule has 0 saturated carbocycles. The molecule has 2 aromatic rings. The molecule has 1 N–H and O–H groups in total. The Balaban J connectivity index is 1.96. The summed E-state index contributed by atoms with van der Waals surface area (Å²) in [6.07, 6.45) is 2.46. The minimum Gasteiger partial charge on any atom is -0.493 e. The monoisotopic (exact) mass is 358 g/mol. The maximum atomic E-state index is 12.9. The van der Waals surface area contributed by atoms with Crippen LogP contribution in [0.25, 0.3) is 0 Å². The first-order valence-corrected chi connectivity index (χ1v) is 8.39. The highest BCUT2D eigenvalue weighted by Gasteiger charge is 2.06. The Kier molecular flexibility index (Phi) is 7.14. The zero-order chi connectivity index (χ0) is 18.9. The highest BCUT2D eigenvalue weighted by atomic mass is 19.1. The van der Waals surface area contributed by atoms with Gasteiger partial charge in [0, 0.05) is 5.56 Å². The summed E-state index contributed by atoms with van der Waals surface area (Å²) in [6.45, 7) is 4.90. The first-order chi connectivity index (χ1) is 12.5. The van der Waals surface area contributed by atoms with E-state index >= 15 is 0 Å². The van der Waals surface area contributed by atoms with Crippen LogP contribution in [-0.2, 0) is 0 Å². The predicted octanol–water partition coefficient (Wildman–Crippen LogP) is 4.02. The molecule has 0 fully saturated rings. The van der Waals surface area contributed by atoms with Gasteiger partial charge in [-0.25, -0.2) is 9.82 Å². The van der Waals surface area contributed by atoms with Crippen molar-refractivity contribution in [3.05, 3.63) is 59.4 Å². The third kappa shape index (κ3) is 5.88. The van der Waals surface area contributed by atoms with E-state index in [4.69, 9.17) is 9.47 Å². The zero-order valence-electron chi connectivity index (χ0n) is 15.2. The number of ether oxygens (including phenoxy) is 2. The highest BCUT2D eigenvalue weighted by molar-refractivity contribution is 5.94. The fraction of sp³-hybridized carbons (Fsp3) is 0.300. The number of halogens is 1. The first-order valence-electron chi connectivity index (χ1n) is 8.39. The molecular weight excluding hydrogens is 335 g/mol. The number of hydrazone groups is 1. The largest absolute Gasteiger partial charge is 0.493 e. The van der Waals surface area contributed by atoms with Crippen molar-refractivity contribution >= 4 is 12.1 Å². The van der Waals surface area contributed by atoms with Crippen molar-refractivity contribution in [2.45, 2.75) is 20.3 Å². The Morgan fingerprint density at radius 1 is 1.19 bits per heavy atom. The molecule has 0 aliphatic rings. The highest BCUT2D eigenvalue weighted by Crippen LogP contribution is 2.27. The lowest BCUT2D eigenvalue weighted by Crippen LogP contribution is -2.17. The molecule has 1 amide bonds. The van der Waals surface area contributed by atoms with Gasteiger partial charge in [-0.05, 0) is 60.4 Å². The molecule has 2 rings (SSSR count). The van der Waals surface area contributed by atoms with Crippen LogP contribution in [0.5, 0.6) is 11.5 Å². The molecule has 5 nitrogen and oxygen atoms in total. The molecule has 0 radical (unpaired) electrons. The summed E-state index contributed by atoms with van der Waals surface area (Å²) in [6, 6.07) is 10.6. The second-order valence-electron chi connectivity index (χ2n) is 6.15. The number of carbonyl (C=O) groups excluding carboxylic acids is 1. The molecule has 0 spiro atoms. The first kappa shape index (κ1) is 19.4. The number of carbonyl (C=O) groups is 1. The lowest BCUT2D eigenvalue weighted by atomic mass is 10.1. The summed E-state index contributed by atoms with van der Waals surface area (Å²) < 4.78 is 23.9. The van der Waals surface area contributed by atoms with Crippen LogP contribution in [0, 0.1) is 11.7 Å². The molecule has 6 heteroatoms. The molecule has 26 heavy (non-hydrogen) atoms. The quantitative estimate of drug-likeness (QED) is 0.573. The van der Waals surface area contributed by atoms with Crippen LogP contribution < -0.4 is 14.9 Å². The van der Waals surface area contributed by atoms with Gasteiger partial charge in [-0.3, -0.25) is 4.79 Å². The van der Waals surface area contributed by atoms with E-state index in [-0.39, 0.29) is 0 Å². The molecule has 0 heterocycles. The number of nitrogens with zero attached hydrogens (tertiary/aromatic N) is 1. The second kappa shape index (κ2) is 9.56. The van der Waals surface area contributed by atoms with Crippen molar-refractivity contribution in [1.29, 1.82) is 0 Å². The predicted molar refractivity (Wildman–Crippen MR) is 99.4 cm³/mol. The molecule has 0 bridgehead atoms. The van der Waals surface area contributed by atoms with Crippen molar-refractivity contribution in [3.8, 4) is 11.5 Å². The Morgan fingerprint density at radius 2 is 1.92 bits per heavy atom. The van der Waals surface area contributed by atoms with Crippen molar-refractivity contribution < 1.29 is 18.7 Å². The number of nitrogens with one attached hydrogen (secondary N) is 1. The van der Waals surface area contributed by atoms with Crippen molar-refractivity contribution in [2.24, 2.45) is 11.0 Å². The molecule has 0 aromatic heterocycles. The van der Waals surface area contributed by atoms with E-state index < -0.39 is 11.7 Å². The zero-order valence-corrected chi connectivity index (χ0v) is 15.2. The molecule has 0 saturated heterocycles. The number of benzene rings is 2. The summed E-state index contributed by atoms with van der Waals surface area (Å²) in [7, 11) is 1.57.